The summed E-state index contributed by atoms with van der Waals surface area (Å²) in [7, 11) is 0. The molecule has 0 radical (unpaired) electrons. The van der Waals surface area contributed by atoms with Crippen molar-refractivity contribution in [2.24, 2.45) is 5.16 Å². The van der Waals surface area contributed by atoms with Crippen molar-refractivity contribution in [2.75, 3.05) is 0 Å². The molecule has 1 aliphatic rings. The molecule has 0 bridgehead atoms. The molecule has 80 valence electrons. The minimum Gasteiger partial charge on any atom is -0.409 e. The predicted molar refractivity (Wildman–Crippen MR) is 58.6 cm³/mol. The molecule has 0 saturated heterocycles. The van der Waals surface area contributed by atoms with E-state index in [-0.39, 0.29) is 11.4 Å². The van der Waals surface area contributed by atoms with Crippen LogP contribution in [0.1, 0.15) is 18.4 Å². The average Bonchev–Trinajstić information content (AvgIpc) is 3.02. The Kier molecular flexibility index (Phi) is 2.90. The molecule has 2 rings (SSSR count). The highest BCUT2D eigenvalue weighted by atomic mass is 79.9. The maximum absolute atomic E-state index is 13.4. The van der Waals surface area contributed by atoms with E-state index in [4.69, 9.17) is 5.21 Å². The SMILES string of the molecule is O/N=C(/NC1CC1)c1cc(Br)ccc1F. The number of amidine groups is 1. The van der Waals surface area contributed by atoms with E-state index in [9.17, 15) is 4.39 Å². The second-order valence-electron chi connectivity index (χ2n) is 3.49. The van der Waals surface area contributed by atoms with E-state index >= 15 is 0 Å². The minimum atomic E-state index is -0.404. The van der Waals surface area contributed by atoms with E-state index in [1.165, 1.54) is 6.07 Å². The average molecular weight is 273 g/mol. The number of nitrogens with zero attached hydrogens (tertiary/aromatic N) is 1. The van der Waals surface area contributed by atoms with Crippen molar-refractivity contribution < 1.29 is 9.60 Å². The van der Waals surface area contributed by atoms with Crippen molar-refractivity contribution in [1.29, 1.82) is 0 Å². The summed E-state index contributed by atoms with van der Waals surface area (Å²) in [6.45, 7) is 0. The Labute approximate surface area is 95.1 Å². The van der Waals surface area contributed by atoms with E-state index < -0.39 is 5.82 Å². The number of oxime groups is 1. The smallest absolute Gasteiger partial charge is 0.175 e. The van der Waals surface area contributed by atoms with E-state index in [0.717, 1.165) is 17.3 Å². The third kappa shape index (κ3) is 2.47. The lowest BCUT2D eigenvalue weighted by molar-refractivity contribution is 0.316. The van der Waals surface area contributed by atoms with Crippen molar-refractivity contribution in [2.45, 2.75) is 18.9 Å². The Morgan fingerprint density at radius 1 is 1.53 bits per heavy atom. The van der Waals surface area contributed by atoms with Gasteiger partial charge in [-0.05, 0) is 31.0 Å². The fraction of sp³-hybridized carbons (Fsp3) is 0.300. The number of rotatable bonds is 2. The van der Waals surface area contributed by atoms with Crippen molar-refractivity contribution >= 4 is 21.8 Å². The molecule has 0 heterocycles. The van der Waals surface area contributed by atoms with Crippen LogP contribution in [0.15, 0.2) is 27.8 Å². The highest BCUT2D eigenvalue weighted by molar-refractivity contribution is 9.10. The molecule has 0 amide bonds. The number of benzene rings is 1. The van der Waals surface area contributed by atoms with E-state index in [1.54, 1.807) is 12.1 Å². The maximum Gasteiger partial charge on any atom is 0.175 e. The highest BCUT2D eigenvalue weighted by Crippen LogP contribution is 2.21. The second kappa shape index (κ2) is 4.18. The molecule has 1 aliphatic carbocycles. The van der Waals surface area contributed by atoms with Crippen LogP contribution in [-0.2, 0) is 0 Å². The van der Waals surface area contributed by atoms with Crippen LogP contribution >= 0.6 is 15.9 Å². The molecule has 0 aromatic heterocycles. The van der Waals surface area contributed by atoms with E-state index in [2.05, 4.69) is 26.4 Å². The largest absolute Gasteiger partial charge is 0.409 e. The first kappa shape index (κ1) is 10.4. The fourth-order valence-corrected chi connectivity index (χ4v) is 1.62. The van der Waals surface area contributed by atoms with Crippen LogP contribution in [0.25, 0.3) is 0 Å². The Bertz CT molecular complexity index is 404. The zero-order valence-electron chi connectivity index (χ0n) is 7.87. The van der Waals surface area contributed by atoms with Crippen molar-refractivity contribution in [3.8, 4) is 0 Å². The standard InChI is InChI=1S/C10H10BrFN2O/c11-6-1-4-9(12)8(5-6)10(14-15)13-7-2-3-7/h1,4-5,7,15H,2-3H2,(H,13,14). The van der Waals surface area contributed by atoms with Gasteiger partial charge < -0.3 is 10.5 Å². The molecule has 0 spiro atoms. The van der Waals surface area contributed by atoms with Gasteiger partial charge in [0.15, 0.2) is 5.84 Å². The second-order valence-corrected chi connectivity index (χ2v) is 4.41. The van der Waals surface area contributed by atoms with Gasteiger partial charge in [-0.2, -0.15) is 0 Å². The Morgan fingerprint density at radius 3 is 2.87 bits per heavy atom. The van der Waals surface area contributed by atoms with Crippen LogP contribution < -0.4 is 5.32 Å². The fourth-order valence-electron chi connectivity index (χ4n) is 1.26. The van der Waals surface area contributed by atoms with Gasteiger partial charge in [0.05, 0.1) is 5.56 Å². The van der Waals surface area contributed by atoms with Gasteiger partial charge in [0.25, 0.3) is 0 Å². The summed E-state index contributed by atoms with van der Waals surface area (Å²) in [5.41, 5.74) is 0.277. The summed E-state index contributed by atoms with van der Waals surface area (Å²) < 4.78 is 14.2. The van der Waals surface area contributed by atoms with E-state index in [1.807, 2.05) is 0 Å². The Morgan fingerprint density at radius 2 is 2.27 bits per heavy atom. The Hall–Kier alpha value is -1.10. The van der Waals surface area contributed by atoms with Crippen LogP contribution in [0.3, 0.4) is 0 Å². The van der Waals surface area contributed by atoms with Gasteiger partial charge in [-0.15, -0.1) is 0 Å². The van der Waals surface area contributed by atoms with Crippen LogP contribution in [-0.4, -0.2) is 17.1 Å². The Balaban J connectivity index is 2.28. The van der Waals surface area contributed by atoms with Crippen LogP contribution in [0.4, 0.5) is 4.39 Å². The van der Waals surface area contributed by atoms with Crippen molar-refractivity contribution in [1.82, 2.24) is 5.32 Å². The first-order chi connectivity index (χ1) is 7.20. The minimum absolute atomic E-state index is 0.191. The predicted octanol–water partition coefficient (Wildman–Crippen LogP) is 2.48. The summed E-state index contributed by atoms with van der Waals surface area (Å²) >= 11 is 3.24. The lowest BCUT2D eigenvalue weighted by Crippen LogP contribution is -2.27. The molecule has 1 fully saturated rings. The third-order valence-corrected chi connectivity index (χ3v) is 2.69. The first-order valence-corrected chi connectivity index (χ1v) is 5.44. The zero-order chi connectivity index (χ0) is 10.8. The molecule has 3 nitrogen and oxygen atoms in total. The van der Waals surface area contributed by atoms with Gasteiger partial charge in [0.2, 0.25) is 0 Å². The summed E-state index contributed by atoms with van der Waals surface area (Å²) in [6, 6.07) is 4.83. The third-order valence-electron chi connectivity index (χ3n) is 2.20. The van der Waals surface area contributed by atoms with E-state index in [0.29, 0.717) is 6.04 Å². The summed E-state index contributed by atoms with van der Waals surface area (Å²) in [6.07, 6.45) is 2.07. The number of halogens is 2. The van der Waals surface area contributed by atoms with Crippen LogP contribution in [0.2, 0.25) is 0 Å². The molecule has 1 saturated carbocycles. The van der Waals surface area contributed by atoms with Gasteiger partial charge in [0.1, 0.15) is 5.82 Å². The number of nitrogens with one attached hydrogen (secondary N) is 1. The van der Waals surface area contributed by atoms with Gasteiger partial charge >= 0.3 is 0 Å². The van der Waals surface area contributed by atoms with Crippen LogP contribution in [0.5, 0.6) is 0 Å². The molecule has 0 unspecified atom stereocenters. The molecular formula is C10H10BrFN2O. The zero-order valence-corrected chi connectivity index (χ0v) is 9.46. The molecule has 0 aliphatic heterocycles. The monoisotopic (exact) mass is 272 g/mol. The molecule has 0 atom stereocenters. The van der Waals surface area contributed by atoms with Crippen molar-refractivity contribution in [3.63, 3.8) is 0 Å². The van der Waals surface area contributed by atoms with Crippen molar-refractivity contribution in [3.05, 3.63) is 34.1 Å². The highest BCUT2D eigenvalue weighted by Gasteiger charge is 2.24. The maximum atomic E-state index is 13.4. The lowest BCUT2D eigenvalue weighted by Gasteiger charge is -2.08. The first-order valence-electron chi connectivity index (χ1n) is 4.64. The van der Waals surface area contributed by atoms with Gasteiger partial charge in [-0.25, -0.2) is 4.39 Å². The normalized spacial score (nSPS) is 16.5. The van der Waals surface area contributed by atoms with Gasteiger partial charge in [0, 0.05) is 10.5 Å². The molecule has 1 aromatic carbocycles. The molecule has 15 heavy (non-hydrogen) atoms. The topological polar surface area (TPSA) is 44.6 Å². The summed E-state index contributed by atoms with van der Waals surface area (Å²) in [4.78, 5) is 0. The quantitative estimate of drug-likeness (QED) is 0.376. The lowest BCUT2D eigenvalue weighted by atomic mass is 10.2. The number of hydrogen-bond donors (Lipinski definition) is 2. The summed E-state index contributed by atoms with van der Waals surface area (Å²) in [5.74, 6) is -0.213. The molecule has 2 N–H and O–H groups in total. The van der Waals surface area contributed by atoms with Gasteiger partial charge in [-0.1, -0.05) is 21.1 Å². The van der Waals surface area contributed by atoms with Crippen LogP contribution in [0, 0.1) is 5.82 Å². The number of hydrogen-bond acceptors (Lipinski definition) is 2. The molecule has 5 heteroatoms. The molecule has 1 aromatic rings. The molecular weight excluding hydrogens is 263 g/mol. The van der Waals surface area contributed by atoms with Gasteiger partial charge in [-0.3, -0.25) is 0 Å². The summed E-state index contributed by atoms with van der Waals surface area (Å²) in [5, 5.41) is 14.9.